The van der Waals surface area contributed by atoms with Gasteiger partial charge in [-0.1, -0.05) is 44.2 Å². The number of esters is 1. The molecule has 1 rings (SSSR count). The maximum atomic E-state index is 11.3. The molecule has 0 aromatic heterocycles. The highest BCUT2D eigenvalue weighted by atomic mass is 16.6. The summed E-state index contributed by atoms with van der Waals surface area (Å²) in [5, 5.41) is 0. The highest BCUT2D eigenvalue weighted by molar-refractivity contribution is 5.96. The fourth-order valence-electron chi connectivity index (χ4n) is 1.60. The van der Waals surface area contributed by atoms with Crippen LogP contribution in [0.25, 0.3) is 0 Å². The van der Waals surface area contributed by atoms with E-state index in [1.165, 1.54) is 0 Å². The van der Waals surface area contributed by atoms with Gasteiger partial charge in [-0.05, 0) is 5.56 Å². The molecular weight excluding hydrogens is 284 g/mol. The molecule has 0 aliphatic rings. The Morgan fingerprint density at radius 2 is 1.59 bits per heavy atom. The molecule has 0 spiro atoms. The second-order valence-corrected chi connectivity index (χ2v) is 5.17. The minimum Gasteiger partial charge on any atom is -0.463 e. The largest absolute Gasteiger partial charge is 0.463 e. The lowest BCUT2D eigenvalue weighted by Crippen LogP contribution is -2.18. The van der Waals surface area contributed by atoms with Gasteiger partial charge < -0.3 is 14.2 Å². The van der Waals surface area contributed by atoms with Gasteiger partial charge in [0.1, 0.15) is 18.8 Å². The van der Waals surface area contributed by atoms with Gasteiger partial charge in [0.25, 0.3) is 0 Å². The summed E-state index contributed by atoms with van der Waals surface area (Å²) in [7, 11) is 0. The van der Waals surface area contributed by atoms with E-state index in [9.17, 15) is 9.59 Å². The van der Waals surface area contributed by atoms with Crippen LogP contribution in [0.3, 0.4) is 0 Å². The van der Waals surface area contributed by atoms with Gasteiger partial charge in [-0.25, -0.2) is 0 Å². The van der Waals surface area contributed by atoms with E-state index in [1.54, 1.807) is 13.8 Å². The van der Waals surface area contributed by atoms with Crippen molar-refractivity contribution in [3.8, 4) is 0 Å². The fourth-order valence-corrected chi connectivity index (χ4v) is 1.60. The van der Waals surface area contributed by atoms with Crippen LogP contribution >= 0.6 is 0 Å². The lowest BCUT2D eigenvalue weighted by molar-refractivity contribution is -0.148. The van der Waals surface area contributed by atoms with E-state index in [2.05, 4.69) is 0 Å². The molecule has 0 heterocycles. The number of ether oxygens (including phenoxy) is 3. The van der Waals surface area contributed by atoms with Crippen molar-refractivity contribution >= 4 is 11.8 Å². The first-order chi connectivity index (χ1) is 10.6. The van der Waals surface area contributed by atoms with Crippen molar-refractivity contribution in [2.24, 2.45) is 5.92 Å². The Balaban J connectivity index is 1.93. The Labute approximate surface area is 131 Å². The van der Waals surface area contributed by atoms with Gasteiger partial charge in [0.05, 0.1) is 26.4 Å². The Kier molecular flexibility index (Phi) is 9.11. The van der Waals surface area contributed by atoms with E-state index in [0.717, 1.165) is 5.56 Å². The number of carbonyl (C=O) groups is 2. The molecule has 0 aliphatic heterocycles. The third kappa shape index (κ3) is 8.54. The molecule has 5 nitrogen and oxygen atoms in total. The van der Waals surface area contributed by atoms with Crippen LogP contribution in [0.4, 0.5) is 0 Å². The lowest BCUT2D eigenvalue weighted by atomic mass is 10.1. The van der Waals surface area contributed by atoms with Crippen LogP contribution in [-0.4, -0.2) is 38.2 Å². The van der Waals surface area contributed by atoms with E-state index in [1.807, 2.05) is 30.3 Å². The van der Waals surface area contributed by atoms with Gasteiger partial charge in [0.15, 0.2) is 0 Å². The predicted molar refractivity (Wildman–Crippen MR) is 82.3 cm³/mol. The molecule has 122 valence electrons. The molecule has 22 heavy (non-hydrogen) atoms. The van der Waals surface area contributed by atoms with E-state index >= 15 is 0 Å². The van der Waals surface area contributed by atoms with Gasteiger partial charge >= 0.3 is 5.97 Å². The summed E-state index contributed by atoms with van der Waals surface area (Å²) in [5.74, 6) is -0.756. The van der Waals surface area contributed by atoms with Crippen LogP contribution in [0.5, 0.6) is 0 Å². The maximum absolute atomic E-state index is 11.3. The molecule has 0 aliphatic carbocycles. The summed E-state index contributed by atoms with van der Waals surface area (Å²) in [5.41, 5.74) is 1.12. The van der Waals surface area contributed by atoms with Gasteiger partial charge in [0, 0.05) is 5.92 Å². The summed E-state index contributed by atoms with van der Waals surface area (Å²) >= 11 is 0. The molecule has 0 fully saturated rings. The Hall–Kier alpha value is -1.72. The molecule has 0 saturated carbocycles. The van der Waals surface area contributed by atoms with Crippen LogP contribution in [0.15, 0.2) is 30.3 Å². The second-order valence-electron chi connectivity index (χ2n) is 5.17. The number of hydrogen-bond donors (Lipinski definition) is 0. The lowest BCUT2D eigenvalue weighted by Gasteiger charge is -2.07. The van der Waals surface area contributed by atoms with Crippen molar-refractivity contribution in [3.05, 3.63) is 35.9 Å². The number of rotatable bonds is 11. The van der Waals surface area contributed by atoms with Crippen LogP contribution in [-0.2, 0) is 30.4 Å². The molecule has 0 amide bonds. The molecule has 1 aromatic rings. The summed E-state index contributed by atoms with van der Waals surface area (Å²) in [6.45, 7) is 5.45. The quantitative estimate of drug-likeness (QED) is 0.357. The Bertz CT molecular complexity index is 442. The number of ketones is 1. The molecule has 0 radical (unpaired) electrons. The zero-order chi connectivity index (χ0) is 16.2. The normalized spacial score (nSPS) is 10.7. The first-order valence-electron chi connectivity index (χ1n) is 7.47. The van der Waals surface area contributed by atoms with Crippen LogP contribution in [0.1, 0.15) is 25.8 Å². The van der Waals surface area contributed by atoms with E-state index in [-0.39, 0.29) is 24.7 Å². The highest BCUT2D eigenvalue weighted by Gasteiger charge is 2.13. The first kappa shape index (κ1) is 18.3. The van der Waals surface area contributed by atoms with Gasteiger partial charge in [-0.2, -0.15) is 0 Å². The molecule has 0 N–H and O–H groups in total. The van der Waals surface area contributed by atoms with Crippen LogP contribution < -0.4 is 0 Å². The van der Waals surface area contributed by atoms with Crippen molar-refractivity contribution in [3.63, 3.8) is 0 Å². The summed E-state index contributed by atoms with van der Waals surface area (Å²) < 4.78 is 15.6. The second kappa shape index (κ2) is 10.9. The average molecular weight is 308 g/mol. The predicted octanol–water partition coefficient (Wildman–Crippen LogP) is 2.38. The fraction of sp³-hybridized carbons (Fsp3) is 0.529. The molecule has 0 bridgehead atoms. The first-order valence-corrected chi connectivity index (χ1v) is 7.47. The summed E-state index contributed by atoms with van der Waals surface area (Å²) in [6, 6.07) is 9.89. The Morgan fingerprint density at radius 1 is 0.955 bits per heavy atom. The van der Waals surface area contributed by atoms with Crippen molar-refractivity contribution in [1.82, 2.24) is 0 Å². The number of benzene rings is 1. The zero-order valence-electron chi connectivity index (χ0n) is 13.2. The van der Waals surface area contributed by atoms with E-state index < -0.39 is 5.97 Å². The molecule has 1 aromatic carbocycles. The monoisotopic (exact) mass is 308 g/mol. The molecule has 5 heteroatoms. The van der Waals surface area contributed by atoms with Crippen LogP contribution in [0, 0.1) is 5.92 Å². The smallest absolute Gasteiger partial charge is 0.313 e. The zero-order valence-corrected chi connectivity index (χ0v) is 13.2. The standard InChI is InChI=1S/C17H24O5/c1-14(2)16(18)12-17(19)22-11-10-20-8-9-21-13-15-6-4-3-5-7-15/h3-7,14H,8-13H2,1-2H3. The molecule has 0 atom stereocenters. The van der Waals surface area contributed by atoms with Crippen molar-refractivity contribution < 1.29 is 23.8 Å². The van der Waals surface area contributed by atoms with Crippen LogP contribution in [0.2, 0.25) is 0 Å². The third-order valence-electron chi connectivity index (χ3n) is 2.94. The van der Waals surface area contributed by atoms with Gasteiger partial charge in [-0.3, -0.25) is 9.59 Å². The van der Waals surface area contributed by atoms with Gasteiger partial charge in [-0.15, -0.1) is 0 Å². The van der Waals surface area contributed by atoms with E-state index in [4.69, 9.17) is 14.2 Å². The SMILES string of the molecule is CC(C)C(=O)CC(=O)OCCOCCOCc1ccccc1. The summed E-state index contributed by atoms with van der Waals surface area (Å²) in [6.07, 6.45) is -0.169. The molecule has 0 unspecified atom stereocenters. The Morgan fingerprint density at radius 3 is 2.27 bits per heavy atom. The maximum Gasteiger partial charge on any atom is 0.313 e. The topological polar surface area (TPSA) is 61.8 Å². The number of Topliss-reactive ketones (excluding diaryl/α,β-unsaturated/α-hetero) is 1. The number of carbonyl (C=O) groups excluding carboxylic acids is 2. The summed E-state index contributed by atoms with van der Waals surface area (Å²) in [4.78, 5) is 22.7. The molecule has 0 saturated heterocycles. The van der Waals surface area contributed by atoms with E-state index in [0.29, 0.717) is 26.4 Å². The van der Waals surface area contributed by atoms with Crippen molar-refractivity contribution in [2.75, 3.05) is 26.4 Å². The highest BCUT2D eigenvalue weighted by Crippen LogP contribution is 2.01. The molecular formula is C17H24O5. The minimum absolute atomic E-state index is 0.111. The average Bonchev–Trinajstić information content (AvgIpc) is 2.50. The van der Waals surface area contributed by atoms with Crippen molar-refractivity contribution in [1.29, 1.82) is 0 Å². The number of hydrogen-bond acceptors (Lipinski definition) is 5. The minimum atomic E-state index is -0.498. The third-order valence-corrected chi connectivity index (χ3v) is 2.94. The van der Waals surface area contributed by atoms with Gasteiger partial charge in [0.2, 0.25) is 0 Å². The van der Waals surface area contributed by atoms with Crippen molar-refractivity contribution in [2.45, 2.75) is 26.9 Å².